The number of ether oxygens (including phenoxy) is 1. The molecule has 4 aromatic carbocycles. The molecular formula is C33H31N3O5S. The summed E-state index contributed by atoms with van der Waals surface area (Å²) in [5.41, 5.74) is 4.56. The van der Waals surface area contributed by atoms with Crippen LogP contribution in [0.1, 0.15) is 30.5 Å². The highest BCUT2D eigenvalue weighted by molar-refractivity contribution is 7.89. The van der Waals surface area contributed by atoms with E-state index in [0.717, 1.165) is 39.5 Å². The third kappa shape index (κ3) is 5.17. The first-order chi connectivity index (χ1) is 20.4. The summed E-state index contributed by atoms with van der Waals surface area (Å²) in [6, 6.07) is 28.8. The topological polar surface area (TPSA) is 97.7 Å². The minimum Gasteiger partial charge on any atom is -0.456 e. The second kappa shape index (κ2) is 11.4. The Balaban J connectivity index is 1.16. The number of carbonyl (C=O) groups is 2. The number of anilines is 1. The number of carbonyl (C=O) groups excluding carboxylic acids is 2. The van der Waals surface area contributed by atoms with Crippen LogP contribution in [0.4, 0.5) is 5.69 Å². The van der Waals surface area contributed by atoms with Crippen LogP contribution in [0.2, 0.25) is 0 Å². The van der Waals surface area contributed by atoms with Gasteiger partial charge >= 0.3 is 5.97 Å². The number of aromatic nitrogens is 1. The van der Waals surface area contributed by atoms with E-state index in [1.807, 2.05) is 54.6 Å². The average Bonchev–Trinajstić information content (AvgIpc) is 3.33. The summed E-state index contributed by atoms with van der Waals surface area (Å²) in [7, 11) is -3.86. The van der Waals surface area contributed by atoms with E-state index in [9.17, 15) is 18.0 Å². The minimum absolute atomic E-state index is 0.168. The second-order valence-electron chi connectivity index (χ2n) is 10.3. The zero-order chi connectivity index (χ0) is 29.3. The van der Waals surface area contributed by atoms with E-state index < -0.39 is 34.5 Å². The van der Waals surface area contributed by atoms with Gasteiger partial charge in [-0.3, -0.25) is 9.59 Å². The van der Waals surface area contributed by atoms with Gasteiger partial charge in [-0.05, 0) is 60.9 Å². The van der Waals surface area contributed by atoms with Gasteiger partial charge in [-0.1, -0.05) is 60.7 Å². The lowest BCUT2D eigenvalue weighted by atomic mass is 9.92. The van der Waals surface area contributed by atoms with Gasteiger partial charge < -0.3 is 14.6 Å². The number of fused-ring (bicyclic) bond motifs is 4. The molecule has 0 aliphatic carbocycles. The van der Waals surface area contributed by atoms with Crippen LogP contribution in [-0.4, -0.2) is 42.3 Å². The molecule has 1 amide bonds. The molecule has 0 spiro atoms. The lowest BCUT2D eigenvalue weighted by molar-refractivity contribution is -0.148. The van der Waals surface area contributed by atoms with Crippen molar-refractivity contribution in [2.75, 3.05) is 18.5 Å². The maximum absolute atomic E-state index is 13.6. The van der Waals surface area contributed by atoms with Gasteiger partial charge in [0.2, 0.25) is 10.0 Å². The smallest absolute Gasteiger partial charge is 0.308 e. The molecule has 6 rings (SSSR count). The van der Waals surface area contributed by atoms with Crippen molar-refractivity contribution in [1.82, 2.24) is 8.87 Å². The molecule has 1 atom stereocenters. The van der Waals surface area contributed by atoms with Crippen molar-refractivity contribution in [3.05, 3.63) is 108 Å². The Hall–Kier alpha value is -4.47. The molecule has 1 unspecified atom stereocenters. The molecule has 0 saturated carbocycles. The summed E-state index contributed by atoms with van der Waals surface area (Å²) >= 11 is 0. The number of aryl methyl sites for hydroxylation is 1. The molecule has 2 heterocycles. The van der Waals surface area contributed by atoms with Crippen LogP contribution < -0.4 is 5.32 Å². The zero-order valence-electron chi connectivity index (χ0n) is 23.2. The highest BCUT2D eigenvalue weighted by atomic mass is 32.2. The summed E-state index contributed by atoms with van der Waals surface area (Å²) in [6.45, 7) is 2.68. The van der Waals surface area contributed by atoms with E-state index in [0.29, 0.717) is 12.1 Å². The summed E-state index contributed by atoms with van der Waals surface area (Å²) < 4.78 is 36.1. The maximum atomic E-state index is 13.6. The third-order valence-electron chi connectivity index (χ3n) is 7.81. The maximum Gasteiger partial charge on any atom is 0.308 e. The minimum atomic E-state index is -3.86. The number of hydrogen-bond acceptors (Lipinski definition) is 5. The van der Waals surface area contributed by atoms with Gasteiger partial charge in [0.05, 0.1) is 17.4 Å². The number of amides is 1. The molecule has 5 aromatic rings. The standard InChI is InChI=1S/C33H31N3O5S/c1-2-35-29-15-9-8-14-27(29)28-20-24(16-17-30(28)35)34-32(37)22-41-33(38)21-31-26-13-7-6-10-23(26)18-19-36(31)42(39,40)25-11-4-3-5-12-25/h3-17,20,31H,2,18-19,21-22H2,1H3,(H,34,37). The summed E-state index contributed by atoms with van der Waals surface area (Å²) in [5, 5.41) is 4.95. The van der Waals surface area contributed by atoms with Crippen molar-refractivity contribution < 1.29 is 22.7 Å². The molecule has 1 N–H and O–H groups in total. The Kier molecular flexibility index (Phi) is 7.53. The summed E-state index contributed by atoms with van der Waals surface area (Å²) in [6.07, 6.45) is 0.330. The molecule has 8 nitrogen and oxygen atoms in total. The van der Waals surface area contributed by atoms with Crippen molar-refractivity contribution in [3.8, 4) is 0 Å². The van der Waals surface area contributed by atoms with Crippen molar-refractivity contribution >= 4 is 49.4 Å². The molecule has 42 heavy (non-hydrogen) atoms. The number of hydrogen-bond donors (Lipinski definition) is 1. The molecule has 9 heteroatoms. The van der Waals surface area contributed by atoms with Crippen molar-refractivity contribution in [3.63, 3.8) is 0 Å². The second-order valence-corrected chi connectivity index (χ2v) is 12.2. The first-order valence-corrected chi connectivity index (χ1v) is 15.4. The predicted octanol–water partition coefficient (Wildman–Crippen LogP) is 5.67. The molecular weight excluding hydrogens is 550 g/mol. The number of benzene rings is 4. The zero-order valence-corrected chi connectivity index (χ0v) is 24.0. The van der Waals surface area contributed by atoms with Crippen LogP contribution in [0.3, 0.4) is 0 Å². The van der Waals surface area contributed by atoms with Crippen LogP contribution in [0.5, 0.6) is 0 Å². The van der Waals surface area contributed by atoms with Crippen LogP contribution >= 0.6 is 0 Å². The molecule has 1 aliphatic heterocycles. The van der Waals surface area contributed by atoms with Crippen LogP contribution in [0, 0.1) is 0 Å². The number of rotatable bonds is 8. The van der Waals surface area contributed by atoms with Crippen molar-refractivity contribution in [2.45, 2.75) is 37.2 Å². The SMILES string of the molecule is CCn1c2ccccc2c2cc(NC(=O)COC(=O)CC3c4ccccc4CCN3S(=O)(=O)c3ccccc3)ccc21. The highest BCUT2D eigenvalue weighted by Crippen LogP contribution is 2.36. The van der Waals surface area contributed by atoms with Crippen molar-refractivity contribution in [2.24, 2.45) is 0 Å². The van der Waals surface area contributed by atoms with Gasteiger partial charge in [-0.15, -0.1) is 0 Å². The van der Waals surface area contributed by atoms with E-state index in [-0.39, 0.29) is 17.9 Å². The number of nitrogens with zero attached hydrogens (tertiary/aromatic N) is 2. The number of nitrogens with one attached hydrogen (secondary N) is 1. The lowest BCUT2D eigenvalue weighted by Gasteiger charge is -2.36. The van der Waals surface area contributed by atoms with Gasteiger partial charge in [0.1, 0.15) is 0 Å². The largest absolute Gasteiger partial charge is 0.456 e. The van der Waals surface area contributed by atoms with E-state index in [1.165, 1.54) is 4.31 Å². The van der Waals surface area contributed by atoms with Crippen molar-refractivity contribution in [1.29, 1.82) is 0 Å². The molecule has 0 radical (unpaired) electrons. The first-order valence-electron chi connectivity index (χ1n) is 14.0. The van der Waals surface area contributed by atoms with Gasteiger partial charge in [-0.2, -0.15) is 4.31 Å². The molecule has 1 aromatic heterocycles. The van der Waals surface area contributed by atoms with Gasteiger partial charge in [0.15, 0.2) is 6.61 Å². The summed E-state index contributed by atoms with van der Waals surface area (Å²) in [5.74, 6) is -1.12. The molecule has 0 saturated heterocycles. The fourth-order valence-corrected chi connectivity index (χ4v) is 7.51. The lowest BCUT2D eigenvalue weighted by Crippen LogP contribution is -2.41. The van der Waals surface area contributed by atoms with E-state index in [4.69, 9.17) is 4.74 Å². The molecule has 1 aliphatic rings. The first kappa shape index (κ1) is 27.7. The fraction of sp³-hybridized carbons (Fsp3) is 0.212. The normalized spacial score (nSPS) is 15.4. The van der Waals surface area contributed by atoms with Gasteiger partial charge in [-0.25, -0.2) is 8.42 Å². The molecule has 0 bridgehead atoms. The summed E-state index contributed by atoms with van der Waals surface area (Å²) in [4.78, 5) is 26.0. The predicted molar refractivity (Wildman–Crippen MR) is 163 cm³/mol. The molecule has 214 valence electrons. The van der Waals surface area contributed by atoms with Gasteiger partial charge in [0.25, 0.3) is 5.91 Å². The Morgan fingerprint density at radius 3 is 2.40 bits per heavy atom. The Bertz CT molecular complexity index is 1900. The van der Waals surface area contributed by atoms with Crippen LogP contribution in [-0.2, 0) is 37.3 Å². The van der Waals surface area contributed by atoms with E-state index in [2.05, 4.69) is 28.9 Å². The quantitative estimate of drug-likeness (QED) is 0.238. The number of sulfonamides is 1. The fourth-order valence-electron chi connectivity index (χ4n) is 5.89. The van der Waals surface area contributed by atoms with E-state index in [1.54, 1.807) is 30.3 Å². The number of esters is 1. The average molecular weight is 582 g/mol. The molecule has 0 fully saturated rings. The Labute approximate surface area is 244 Å². The van der Waals surface area contributed by atoms with Crippen LogP contribution in [0.25, 0.3) is 21.8 Å². The van der Waals surface area contributed by atoms with Gasteiger partial charge in [0, 0.05) is 40.6 Å². The van der Waals surface area contributed by atoms with E-state index >= 15 is 0 Å². The Morgan fingerprint density at radius 2 is 1.60 bits per heavy atom. The highest BCUT2D eigenvalue weighted by Gasteiger charge is 2.37. The monoisotopic (exact) mass is 581 g/mol. The Morgan fingerprint density at radius 1 is 0.881 bits per heavy atom. The van der Waals surface area contributed by atoms with Crippen LogP contribution in [0.15, 0.2) is 102 Å². The number of para-hydroxylation sites is 1. The third-order valence-corrected chi connectivity index (χ3v) is 9.73.